The van der Waals surface area contributed by atoms with Crippen LogP contribution in [0.5, 0.6) is 5.75 Å². The summed E-state index contributed by atoms with van der Waals surface area (Å²) in [4.78, 5) is 43.4. The molecule has 2 bridgehead atoms. The molecule has 3 heterocycles. The largest absolute Gasteiger partial charge is 0.494 e. The molecule has 0 radical (unpaired) electrons. The van der Waals surface area contributed by atoms with Crippen molar-refractivity contribution < 1.29 is 29.0 Å². The average molecular weight is 649 g/mol. The molecule has 3 saturated heterocycles. The molecule has 3 amide bonds. The Morgan fingerprint density at radius 3 is 2.51 bits per heavy atom. The first kappa shape index (κ1) is 29.8. The minimum absolute atomic E-state index is 0.144. The van der Waals surface area contributed by atoms with Gasteiger partial charge in [0.1, 0.15) is 17.4 Å². The molecule has 41 heavy (non-hydrogen) atoms. The molecular formula is C30H35BrClN3O6. The van der Waals surface area contributed by atoms with Gasteiger partial charge in [0.05, 0.1) is 47.9 Å². The number of benzene rings is 2. The molecular weight excluding hydrogens is 614 g/mol. The van der Waals surface area contributed by atoms with Crippen LogP contribution >= 0.6 is 27.5 Å². The quantitative estimate of drug-likeness (QED) is 0.328. The SMILES string of the molecule is CCOc1ccc(NC(=O)[C@H]2[C@H]3C(=O)N([C@@H](CO)CC(C)C)C(C(=O)Nc4ccccc4Cl)C34CC(Br)[C@@H]2O4)cc1. The average Bonchev–Trinajstić information content (AvgIpc) is 3.53. The van der Waals surface area contributed by atoms with Crippen LogP contribution in [0.1, 0.15) is 33.6 Å². The zero-order valence-corrected chi connectivity index (χ0v) is 25.5. The molecule has 2 aromatic carbocycles. The molecule has 7 atom stereocenters. The van der Waals surface area contributed by atoms with Crippen molar-refractivity contribution in [2.24, 2.45) is 17.8 Å². The van der Waals surface area contributed by atoms with E-state index in [2.05, 4.69) is 26.6 Å². The summed E-state index contributed by atoms with van der Waals surface area (Å²) < 4.78 is 12.0. The first-order chi connectivity index (χ1) is 19.6. The van der Waals surface area contributed by atoms with Crippen molar-refractivity contribution in [1.29, 1.82) is 0 Å². The number of hydrogen-bond acceptors (Lipinski definition) is 6. The van der Waals surface area contributed by atoms with Gasteiger partial charge in [-0.2, -0.15) is 0 Å². The molecule has 5 rings (SSSR count). The van der Waals surface area contributed by atoms with Gasteiger partial charge in [-0.25, -0.2) is 0 Å². The summed E-state index contributed by atoms with van der Waals surface area (Å²) in [5, 5.41) is 16.6. The number of fused-ring (bicyclic) bond motifs is 1. The third-order valence-electron chi connectivity index (χ3n) is 8.19. The van der Waals surface area contributed by atoms with Gasteiger partial charge in [0.2, 0.25) is 17.7 Å². The Morgan fingerprint density at radius 1 is 1.17 bits per heavy atom. The Hall–Kier alpha value is -2.66. The topological polar surface area (TPSA) is 117 Å². The summed E-state index contributed by atoms with van der Waals surface area (Å²) in [5.74, 6) is -2.10. The van der Waals surface area contributed by atoms with E-state index < -0.39 is 41.5 Å². The number of hydrogen-bond donors (Lipinski definition) is 3. The highest BCUT2D eigenvalue weighted by Crippen LogP contribution is 2.60. The molecule has 9 nitrogen and oxygen atoms in total. The van der Waals surface area contributed by atoms with Crippen LogP contribution in [0.3, 0.4) is 0 Å². The van der Waals surface area contributed by atoms with Gasteiger partial charge in [-0.05, 0) is 62.1 Å². The predicted octanol–water partition coefficient (Wildman–Crippen LogP) is 4.47. The second-order valence-corrected chi connectivity index (χ2v) is 12.9. The lowest BCUT2D eigenvalue weighted by molar-refractivity contribution is -0.143. The molecule has 3 aliphatic heterocycles. The van der Waals surface area contributed by atoms with Gasteiger partial charge < -0.3 is 30.1 Å². The summed E-state index contributed by atoms with van der Waals surface area (Å²) in [6.45, 7) is 6.07. The molecule has 0 aromatic heterocycles. The Kier molecular flexibility index (Phi) is 8.66. The highest BCUT2D eigenvalue weighted by molar-refractivity contribution is 9.09. The van der Waals surface area contributed by atoms with E-state index in [1.807, 2.05) is 20.8 Å². The predicted molar refractivity (Wildman–Crippen MR) is 159 cm³/mol. The molecule has 220 valence electrons. The first-order valence-electron chi connectivity index (χ1n) is 13.9. The Morgan fingerprint density at radius 2 is 1.88 bits per heavy atom. The monoisotopic (exact) mass is 647 g/mol. The summed E-state index contributed by atoms with van der Waals surface area (Å²) >= 11 is 10.0. The number of carbonyl (C=O) groups is 3. The Balaban J connectivity index is 1.50. The van der Waals surface area contributed by atoms with Gasteiger partial charge >= 0.3 is 0 Å². The molecule has 3 unspecified atom stereocenters. The van der Waals surface area contributed by atoms with Crippen LogP contribution < -0.4 is 15.4 Å². The van der Waals surface area contributed by atoms with E-state index in [1.54, 1.807) is 48.5 Å². The third-order valence-corrected chi connectivity index (χ3v) is 9.36. The maximum atomic E-state index is 14.3. The van der Waals surface area contributed by atoms with Crippen molar-refractivity contribution in [2.75, 3.05) is 23.8 Å². The van der Waals surface area contributed by atoms with Crippen LogP contribution in [0.2, 0.25) is 5.02 Å². The maximum Gasteiger partial charge on any atom is 0.250 e. The van der Waals surface area contributed by atoms with Gasteiger partial charge in [-0.1, -0.05) is 53.5 Å². The summed E-state index contributed by atoms with van der Waals surface area (Å²) in [5.41, 5.74) is -0.291. The van der Waals surface area contributed by atoms with Gasteiger partial charge in [-0.3, -0.25) is 14.4 Å². The lowest BCUT2D eigenvalue weighted by Crippen LogP contribution is -2.56. The standard InChI is InChI=1S/C30H35BrClN3O6/c1-4-40-19-11-9-17(10-12-19)33-27(37)23-24-29(39)35(18(15-36)13-16(2)3)26(30(24)14-20(31)25(23)41-30)28(38)34-22-8-6-5-7-21(22)32/h5-12,16,18,20,23-26,36H,4,13-15H2,1-3H3,(H,33,37)(H,34,38)/t18-,20?,23+,24+,25+,26?,30?/m1/s1. The second-order valence-electron chi connectivity index (χ2n) is 11.3. The number of nitrogens with one attached hydrogen (secondary N) is 2. The van der Waals surface area contributed by atoms with Crippen molar-refractivity contribution >= 4 is 56.6 Å². The fourth-order valence-corrected chi connectivity index (χ4v) is 7.80. The maximum absolute atomic E-state index is 14.3. The lowest BCUT2D eigenvalue weighted by Gasteiger charge is -2.37. The number of rotatable bonds is 10. The smallest absolute Gasteiger partial charge is 0.250 e. The molecule has 3 fully saturated rings. The van der Waals surface area contributed by atoms with E-state index in [9.17, 15) is 19.5 Å². The third kappa shape index (κ3) is 5.35. The number of amides is 3. The van der Waals surface area contributed by atoms with Crippen molar-refractivity contribution in [3.05, 3.63) is 53.6 Å². The van der Waals surface area contributed by atoms with Crippen molar-refractivity contribution in [3.63, 3.8) is 0 Å². The summed E-state index contributed by atoms with van der Waals surface area (Å²) in [6.07, 6.45) is 0.227. The highest BCUT2D eigenvalue weighted by Gasteiger charge is 2.77. The van der Waals surface area contributed by atoms with Gasteiger partial charge in [0.15, 0.2) is 0 Å². The summed E-state index contributed by atoms with van der Waals surface area (Å²) in [7, 11) is 0. The van der Waals surface area contributed by atoms with Gasteiger partial charge in [-0.15, -0.1) is 0 Å². The number of likely N-dealkylation sites (tertiary alicyclic amines) is 1. The normalized spacial score (nSPS) is 29.0. The molecule has 1 spiro atoms. The second kappa shape index (κ2) is 11.9. The number of para-hydroxylation sites is 1. The number of ether oxygens (including phenoxy) is 2. The molecule has 3 N–H and O–H groups in total. The zero-order valence-electron chi connectivity index (χ0n) is 23.2. The van der Waals surface area contributed by atoms with Crippen LogP contribution in [0.4, 0.5) is 11.4 Å². The van der Waals surface area contributed by atoms with E-state index >= 15 is 0 Å². The lowest BCUT2D eigenvalue weighted by atomic mass is 9.70. The minimum atomic E-state index is -1.26. The van der Waals surface area contributed by atoms with Crippen LogP contribution in [0.15, 0.2) is 48.5 Å². The van der Waals surface area contributed by atoms with Gasteiger partial charge in [0.25, 0.3) is 0 Å². The van der Waals surface area contributed by atoms with E-state index in [4.69, 9.17) is 21.1 Å². The van der Waals surface area contributed by atoms with Crippen LogP contribution in [0.25, 0.3) is 0 Å². The van der Waals surface area contributed by atoms with E-state index in [-0.39, 0.29) is 29.2 Å². The first-order valence-corrected chi connectivity index (χ1v) is 15.2. The number of halogens is 2. The summed E-state index contributed by atoms with van der Waals surface area (Å²) in [6, 6.07) is 12.2. The number of aliphatic hydroxyl groups excluding tert-OH is 1. The number of anilines is 2. The van der Waals surface area contributed by atoms with E-state index in [0.717, 1.165) is 0 Å². The molecule has 11 heteroatoms. The van der Waals surface area contributed by atoms with Crippen molar-refractivity contribution in [1.82, 2.24) is 4.90 Å². The number of alkyl halides is 1. The molecule has 0 saturated carbocycles. The van der Waals surface area contributed by atoms with Crippen molar-refractivity contribution in [3.8, 4) is 5.75 Å². The minimum Gasteiger partial charge on any atom is -0.494 e. The van der Waals surface area contributed by atoms with E-state index in [1.165, 1.54) is 4.90 Å². The highest BCUT2D eigenvalue weighted by atomic mass is 79.9. The molecule has 0 aliphatic carbocycles. The number of aliphatic hydroxyl groups is 1. The van der Waals surface area contributed by atoms with Crippen LogP contribution in [-0.2, 0) is 19.1 Å². The Bertz CT molecular complexity index is 1310. The number of carbonyl (C=O) groups excluding carboxylic acids is 3. The fraction of sp³-hybridized carbons (Fsp3) is 0.500. The van der Waals surface area contributed by atoms with Crippen molar-refractivity contribution in [2.45, 2.75) is 62.2 Å². The number of nitrogens with zero attached hydrogens (tertiary/aromatic N) is 1. The molecule has 3 aliphatic rings. The van der Waals surface area contributed by atoms with Gasteiger partial charge in [0, 0.05) is 10.5 Å². The van der Waals surface area contributed by atoms with E-state index in [0.29, 0.717) is 41.6 Å². The molecule has 2 aromatic rings. The Labute approximate surface area is 253 Å². The van der Waals surface area contributed by atoms with Crippen LogP contribution in [0, 0.1) is 17.8 Å². The zero-order chi connectivity index (χ0) is 29.5. The van der Waals surface area contributed by atoms with Crippen LogP contribution in [-0.4, -0.2) is 69.6 Å². The fourth-order valence-electron chi connectivity index (χ4n) is 6.67.